The molecular formula is C5H9NOS. The number of rotatable bonds is 2. The number of hydrogen-bond acceptors (Lipinski definition) is 3. The van der Waals surface area contributed by atoms with Gasteiger partial charge >= 0.3 is 0 Å². The van der Waals surface area contributed by atoms with E-state index in [0.29, 0.717) is 17.6 Å². The van der Waals surface area contributed by atoms with Crippen molar-refractivity contribution in [3.63, 3.8) is 0 Å². The predicted octanol–water partition coefficient (Wildman–Crippen LogP) is 0.225. The third-order valence-corrected chi connectivity index (χ3v) is 2.46. The van der Waals surface area contributed by atoms with Crippen LogP contribution in [0.15, 0.2) is 0 Å². The van der Waals surface area contributed by atoms with E-state index in [1.54, 1.807) is 0 Å². The van der Waals surface area contributed by atoms with E-state index in [1.807, 2.05) is 0 Å². The maximum Gasteiger partial charge on any atom is 0.192 e. The van der Waals surface area contributed by atoms with Crippen molar-refractivity contribution in [3.8, 4) is 0 Å². The number of carbonyl (C=O) groups excluding carboxylic acids is 1. The van der Waals surface area contributed by atoms with Crippen LogP contribution in [-0.2, 0) is 4.79 Å². The second kappa shape index (κ2) is 2.51. The lowest BCUT2D eigenvalue weighted by molar-refractivity contribution is -0.115. The standard InChI is InChI=1S/C5H9NOS/c6-2-1-4-3-8-5(4)7/h4H,1-3,6H2. The Hall–Kier alpha value is -0.0200. The van der Waals surface area contributed by atoms with Gasteiger partial charge in [-0.15, -0.1) is 0 Å². The van der Waals surface area contributed by atoms with Gasteiger partial charge in [0.15, 0.2) is 5.12 Å². The minimum atomic E-state index is 0.296. The first-order valence-corrected chi connectivity index (χ1v) is 3.70. The lowest BCUT2D eigenvalue weighted by atomic mass is 10.1. The average molecular weight is 131 g/mol. The van der Waals surface area contributed by atoms with E-state index in [9.17, 15) is 4.79 Å². The second-order valence-electron chi connectivity index (χ2n) is 1.90. The van der Waals surface area contributed by atoms with E-state index in [4.69, 9.17) is 5.73 Å². The lowest BCUT2D eigenvalue weighted by Gasteiger charge is -2.21. The van der Waals surface area contributed by atoms with Crippen LogP contribution in [0, 0.1) is 5.92 Å². The number of nitrogens with two attached hydrogens (primary N) is 1. The molecule has 2 nitrogen and oxygen atoms in total. The minimum Gasteiger partial charge on any atom is -0.330 e. The maximum absolute atomic E-state index is 10.5. The highest BCUT2D eigenvalue weighted by molar-refractivity contribution is 8.15. The van der Waals surface area contributed by atoms with Gasteiger partial charge < -0.3 is 5.73 Å². The van der Waals surface area contributed by atoms with E-state index in [1.165, 1.54) is 11.8 Å². The van der Waals surface area contributed by atoms with Crippen molar-refractivity contribution in [1.82, 2.24) is 0 Å². The Morgan fingerprint density at radius 1 is 1.88 bits per heavy atom. The molecule has 1 aliphatic heterocycles. The SMILES string of the molecule is NCCC1CSC1=O. The van der Waals surface area contributed by atoms with Crippen LogP contribution in [-0.4, -0.2) is 17.4 Å². The zero-order valence-electron chi connectivity index (χ0n) is 4.59. The molecule has 3 heteroatoms. The Morgan fingerprint density at radius 3 is 2.75 bits per heavy atom. The minimum absolute atomic E-state index is 0.296. The third kappa shape index (κ3) is 1.03. The van der Waals surface area contributed by atoms with E-state index in [-0.39, 0.29) is 0 Å². The maximum atomic E-state index is 10.5. The van der Waals surface area contributed by atoms with Crippen molar-refractivity contribution >= 4 is 16.9 Å². The van der Waals surface area contributed by atoms with Crippen molar-refractivity contribution in [1.29, 1.82) is 0 Å². The van der Waals surface area contributed by atoms with Gasteiger partial charge in [-0.3, -0.25) is 4.79 Å². The fourth-order valence-electron chi connectivity index (χ4n) is 0.672. The quantitative estimate of drug-likeness (QED) is 0.583. The lowest BCUT2D eigenvalue weighted by Crippen LogP contribution is -2.27. The molecule has 0 saturated carbocycles. The smallest absolute Gasteiger partial charge is 0.192 e. The third-order valence-electron chi connectivity index (χ3n) is 1.28. The van der Waals surface area contributed by atoms with Crippen LogP contribution >= 0.6 is 11.8 Å². The summed E-state index contributed by atoms with van der Waals surface area (Å²) in [6.07, 6.45) is 0.881. The molecule has 0 aromatic rings. The highest BCUT2D eigenvalue weighted by Crippen LogP contribution is 2.28. The molecular weight excluding hydrogens is 122 g/mol. The average Bonchev–Trinajstić information content (AvgIpc) is 1.79. The molecule has 0 amide bonds. The zero-order chi connectivity index (χ0) is 5.98. The second-order valence-corrected chi connectivity index (χ2v) is 2.93. The van der Waals surface area contributed by atoms with Gasteiger partial charge in [0.25, 0.3) is 0 Å². The molecule has 0 aromatic heterocycles. The predicted molar refractivity (Wildman–Crippen MR) is 34.6 cm³/mol. The summed E-state index contributed by atoms with van der Waals surface area (Å²) in [5, 5.41) is 0.329. The first kappa shape index (κ1) is 6.11. The molecule has 8 heavy (non-hydrogen) atoms. The first-order valence-electron chi connectivity index (χ1n) is 2.71. The van der Waals surface area contributed by atoms with Crippen molar-refractivity contribution < 1.29 is 4.79 Å². The Kier molecular flexibility index (Phi) is 1.91. The van der Waals surface area contributed by atoms with Gasteiger partial charge in [-0.05, 0) is 13.0 Å². The Morgan fingerprint density at radius 2 is 2.62 bits per heavy atom. The summed E-state index contributed by atoms with van der Waals surface area (Å²) in [6.45, 7) is 0.650. The van der Waals surface area contributed by atoms with Crippen molar-refractivity contribution in [2.45, 2.75) is 6.42 Å². The van der Waals surface area contributed by atoms with E-state index < -0.39 is 0 Å². The molecule has 1 heterocycles. The van der Waals surface area contributed by atoms with Gasteiger partial charge in [-0.25, -0.2) is 0 Å². The van der Waals surface area contributed by atoms with Crippen molar-refractivity contribution in [2.75, 3.05) is 12.3 Å². The largest absolute Gasteiger partial charge is 0.330 e. The van der Waals surface area contributed by atoms with Gasteiger partial charge in [0.1, 0.15) is 0 Å². The van der Waals surface area contributed by atoms with Crippen LogP contribution in [0.5, 0.6) is 0 Å². The molecule has 0 radical (unpaired) electrons. The molecule has 1 unspecified atom stereocenters. The topological polar surface area (TPSA) is 43.1 Å². The summed E-state index contributed by atoms with van der Waals surface area (Å²) in [5.74, 6) is 1.29. The highest BCUT2D eigenvalue weighted by atomic mass is 32.2. The number of thioether (sulfide) groups is 1. The van der Waals surface area contributed by atoms with E-state index in [0.717, 1.165) is 12.2 Å². The summed E-state index contributed by atoms with van der Waals surface area (Å²) in [7, 11) is 0. The number of hydrogen-bond donors (Lipinski definition) is 1. The molecule has 1 saturated heterocycles. The van der Waals surface area contributed by atoms with Gasteiger partial charge in [-0.2, -0.15) is 0 Å². The molecule has 1 rings (SSSR count). The van der Waals surface area contributed by atoms with E-state index >= 15 is 0 Å². The fourth-order valence-corrected chi connectivity index (χ4v) is 1.49. The summed E-state index contributed by atoms with van der Waals surface area (Å²) in [5.41, 5.74) is 5.24. The molecule has 0 bridgehead atoms. The normalized spacial score (nSPS) is 27.6. The van der Waals surface area contributed by atoms with Crippen LogP contribution in [0.25, 0.3) is 0 Å². The van der Waals surface area contributed by atoms with Crippen LogP contribution in [0.3, 0.4) is 0 Å². The molecule has 46 valence electrons. The summed E-state index contributed by atoms with van der Waals surface area (Å²) in [6, 6.07) is 0. The Bertz CT molecular complexity index is 105. The van der Waals surface area contributed by atoms with Gasteiger partial charge in [0.2, 0.25) is 0 Å². The molecule has 1 fully saturated rings. The van der Waals surface area contributed by atoms with Crippen LogP contribution in [0.2, 0.25) is 0 Å². The van der Waals surface area contributed by atoms with Crippen LogP contribution in [0.1, 0.15) is 6.42 Å². The van der Waals surface area contributed by atoms with Gasteiger partial charge in [-0.1, -0.05) is 11.8 Å². The van der Waals surface area contributed by atoms with Crippen molar-refractivity contribution in [3.05, 3.63) is 0 Å². The fraction of sp³-hybridized carbons (Fsp3) is 0.800. The van der Waals surface area contributed by atoms with Crippen LogP contribution < -0.4 is 5.73 Å². The van der Waals surface area contributed by atoms with Crippen LogP contribution in [0.4, 0.5) is 0 Å². The van der Waals surface area contributed by atoms with Crippen molar-refractivity contribution in [2.24, 2.45) is 11.7 Å². The molecule has 0 aliphatic carbocycles. The summed E-state index contributed by atoms with van der Waals surface area (Å²) in [4.78, 5) is 10.5. The first-order chi connectivity index (χ1) is 3.84. The highest BCUT2D eigenvalue weighted by Gasteiger charge is 2.27. The summed E-state index contributed by atoms with van der Waals surface area (Å²) < 4.78 is 0. The monoisotopic (exact) mass is 131 g/mol. The number of carbonyl (C=O) groups is 1. The Balaban J connectivity index is 2.17. The molecule has 1 atom stereocenters. The molecule has 0 spiro atoms. The van der Waals surface area contributed by atoms with Gasteiger partial charge in [0.05, 0.1) is 0 Å². The zero-order valence-corrected chi connectivity index (χ0v) is 5.41. The molecule has 0 aromatic carbocycles. The summed E-state index contributed by atoms with van der Waals surface area (Å²) >= 11 is 1.41. The Labute approximate surface area is 52.8 Å². The van der Waals surface area contributed by atoms with E-state index in [2.05, 4.69) is 0 Å². The van der Waals surface area contributed by atoms with Gasteiger partial charge in [0, 0.05) is 11.7 Å². The molecule has 1 aliphatic rings. The molecule has 2 N–H and O–H groups in total.